The molecule has 0 rings (SSSR count). The molecule has 0 heterocycles. The molecule has 4 N–H and O–H groups in total. The van der Waals surface area contributed by atoms with Crippen molar-refractivity contribution in [1.29, 1.82) is 0 Å². The van der Waals surface area contributed by atoms with Gasteiger partial charge in [0.25, 0.3) is 0 Å². The number of hydrogen-bond donors (Lipinski definition) is 4. The van der Waals surface area contributed by atoms with Crippen molar-refractivity contribution < 1.29 is 39.6 Å². The molecule has 8 nitrogen and oxygen atoms in total. The van der Waals surface area contributed by atoms with Crippen LogP contribution in [0.4, 0.5) is 0 Å². The minimum Gasteiger partial charge on any atom is -0.481 e. The highest BCUT2D eigenvalue weighted by Gasteiger charge is 2.56. The van der Waals surface area contributed by atoms with Gasteiger partial charge in [-0.3, -0.25) is 19.2 Å². The molecule has 0 radical (unpaired) electrons. The number of carboxylic acids is 4. The second-order valence-corrected chi connectivity index (χ2v) is 8.05. The predicted octanol–water partition coefficient (Wildman–Crippen LogP) is 4.37. The molecule has 0 aliphatic heterocycles. The van der Waals surface area contributed by atoms with Crippen LogP contribution in [-0.4, -0.2) is 44.3 Å². The van der Waals surface area contributed by atoms with Crippen LogP contribution in [0.1, 0.15) is 85.5 Å². The van der Waals surface area contributed by atoms with Gasteiger partial charge in [0.2, 0.25) is 0 Å². The van der Waals surface area contributed by atoms with E-state index in [0.29, 0.717) is 32.1 Å². The van der Waals surface area contributed by atoms with Gasteiger partial charge in [-0.2, -0.15) is 0 Å². The van der Waals surface area contributed by atoms with E-state index in [1.807, 2.05) is 0 Å². The van der Waals surface area contributed by atoms with Crippen molar-refractivity contribution in [2.24, 2.45) is 29.1 Å². The van der Waals surface area contributed by atoms with E-state index < -0.39 is 53.0 Å². The molecular formula is C22H38O8. The summed E-state index contributed by atoms with van der Waals surface area (Å²) >= 11 is 0. The van der Waals surface area contributed by atoms with E-state index in [4.69, 9.17) is 5.11 Å². The number of unbranched alkanes of at least 4 members (excludes halogenated alkanes) is 2. The van der Waals surface area contributed by atoms with Crippen molar-refractivity contribution in [3.63, 3.8) is 0 Å². The van der Waals surface area contributed by atoms with Crippen LogP contribution >= 0.6 is 0 Å². The molecule has 0 saturated heterocycles. The van der Waals surface area contributed by atoms with Crippen molar-refractivity contribution in [3.05, 3.63) is 0 Å². The Balaban J connectivity index is 5.94. The quantitative estimate of drug-likeness (QED) is 0.249. The maximum atomic E-state index is 12.1. The first-order valence-corrected chi connectivity index (χ1v) is 11.0. The van der Waals surface area contributed by atoms with E-state index in [9.17, 15) is 34.5 Å². The summed E-state index contributed by atoms with van der Waals surface area (Å²) in [4.78, 5) is 47.5. The van der Waals surface area contributed by atoms with E-state index in [2.05, 4.69) is 0 Å². The largest absolute Gasteiger partial charge is 0.481 e. The fourth-order valence-electron chi connectivity index (χ4n) is 5.11. The summed E-state index contributed by atoms with van der Waals surface area (Å²) in [5.41, 5.74) is -1.42. The lowest BCUT2D eigenvalue weighted by atomic mass is 9.55. The van der Waals surface area contributed by atoms with Crippen molar-refractivity contribution in [1.82, 2.24) is 0 Å². The van der Waals surface area contributed by atoms with Gasteiger partial charge >= 0.3 is 23.9 Å². The Kier molecular flexibility index (Phi) is 12.3. The zero-order valence-corrected chi connectivity index (χ0v) is 18.6. The van der Waals surface area contributed by atoms with Crippen LogP contribution in [0.5, 0.6) is 0 Å². The number of rotatable bonds is 17. The Bertz CT molecular complexity index is 531. The first kappa shape index (κ1) is 27.9. The molecular weight excluding hydrogens is 392 g/mol. The van der Waals surface area contributed by atoms with Gasteiger partial charge in [-0.15, -0.1) is 0 Å². The predicted molar refractivity (Wildman–Crippen MR) is 111 cm³/mol. The average molecular weight is 431 g/mol. The molecule has 0 saturated carbocycles. The molecule has 0 bridgehead atoms. The summed E-state index contributed by atoms with van der Waals surface area (Å²) in [5.74, 6) is -8.10. The fourth-order valence-corrected chi connectivity index (χ4v) is 5.11. The molecule has 0 spiro atoms. The zero-order chi connectivity index (χ0) is 23.5. The van der Waals surface area contributed by atoms with Gasteiger partial charge in [-0.25, -0.2) is 0 Å². The zero-order valence-electron chi connectivity index (χ0n) is 18.6. The highest BCUT2D eigenvalue weighted by molar-refractivity contribution is 5.80. The highest BCUT2D eigenvalue weighted by atomic mass is 16.4. The molecule has 0 aromatic heterocycles. The standard InChI is InChI=1S/C22H38O8/c1-5-14(18(23)24)12-10-9-11-13-22(15(6-2)19(25)26,16(7-3)20(27)28)17(8-4)21(29)30/h14-17H,5-13H2,1-4H3,(H,23,24)(H,25,26)(H,27,28)(H,29,30). The molecule has 0 aliphatic carbocycles. The van der Waals surface area contributed by atoms with E-state index >= 15 is 0 Å². The summed E-state index contributed by atoms with van der Waals surface area (Å²) in [6, 6.07) is 0. The maximum Gasteiger partial charge on any atom is 0.307 e. The highest BCUT2D eigenvalue weighted by Crippen LogP contribution is 2.51. The summed E-state index contributed by atoms with van der Waals surface area (Å²) < 4.78 is 0. The van der Waals surface area contributed by atoms with Crippen LogP contribution in [0.3, 0.4) is 0 Å². The molecule has 0 aliphatic rings. The van der Waals surface area contributed by atoms with Crippen LogP contribution < -0.4 is 0 Å². The Morgan fingerprint density at radius 2 is 1.00 bits per heavy atom. The van der Waals surface area contributed by atoms with Gasteiger partial charge in [0.05, 0.1) is 23.7 Å². The van der Waals surface area contributed by atoms with Gasteiger partial charge < -0.3 is 20.4 Å². The van der Waals surface area contributed by atoms with Crippen molar-refractivity contribution in [2.75, 3.05) is 0 Å². The molecule has 4 unspecified atom stereocenters. The first-order valence-electron chi connectivity index (χ1n) is 11.0. The monoisotopic (exact) mass is 430 g/mol. The summed E-state index contributed by atoms with van der Waals surface area (Å²) in [6.45, 7) is 6.75. The van der Waals surface area contributed by atoms with Gasteiger partial charge in [-0.1, -0.05) is 47.0 Å². The van der Waals surface area contributed by atoms with Gasteiger partial charge in [0.15, 0.2) is 0 Å². The van der Waals surface area contributed by atoms with E-state index in [-0.39, 0.29) is 25.7 Å². The summed E-state index contributed by atoms with van der Waals surface area (Å²) in [6.07, 6.45) is 3.24. The molecule has 0 amide bonds. The SMILES string of the molecule is CCC(CCCCCC(C(CC)C(=O)O)(C(CC)C(=O)O)C(CC)C(=O)O)C(=O)O. The molecule has 0 aromatic carbocycles. The minimum absolute atomic E-state index is 0.139. The van der Waals surface area contributed by atoms with Crippen molar-refractivity contribution in [2.45, 2.75) is 85.5 Å². The van der Waals surface area contributed by atoms with Crippen LogP contribution in [0, 0.1) is 29.1 Å². The Morgan fingerprint density at radius 3 is 1.27 bits per heavy atom. The number of carbonyl (C=O) groups is 4. The van der Waals surface area contributed by atoms with E-state index in [1.165, 1.54) is 0 Å². The first-order chi connectivity index (χ1) is 14.0. The summed E-state index contributed by atoms with van der Waals surface area (Å²) in [5, 5.41) is 38.8. The molecule has 0 fully saturated rings. The topological polar surface area (TPSA) is 149 Å². The minimum atomic E-state index is -1.42. The van der Waals surface area contributed by atoms with E-state index in [0.717, 1.165) is 0 Å². The number of hydrogen-bond acceptors (Lipinski definition) is 4. The number of aliphatic carboxylic acids is 4. The smallest absolute Gasteiger partial charge is 0.307 e. The van der Waals surface area contributed by atoms with Crippen molar-refractivity contribution >= 4 is 23.9 Å². The fraction of sp³-hybridized carbons (Fsp3) is 0.818. The molecule has 174 valence electrons. The Hall–Kier alpha value is -2.12. The Morgan fingerprint density at radius 1 is 0.600 bits per heavy atom. The van der Waals surface area contributed by atoms with Gasteiger partial charge in [-0.05, 0) is 38.5 Å². The lowest BCUT2D eigenvalue weighted by molar-refractivity contribution is -0.170. The molecule has 4 atom stereocenters. The third-order valence-corrected chi connectivity index (χ3v) is 6.57. The van der Waals surface area contributed by atoms with Crippen LogP contribution in [-0.2, 0) is 19.2 Å². The third-order valence-electron chi connectivity index (χ3n) is 6.57. The van der Waals surface area contributed by atoms with E-state index in [1.54, 1.807) is 27.7 Å². The normalized spacial score (nSPS) is 17.3. The maximum absolute atomic E-state index is 12.1. The van der Waals surface area contributed by atoms with Crippen molar-refractivity contribution in [3.8, 4) is 0 Å². The second-order valence-electron chi connectivity index (χ2n) is 8.05. The lowest BCUT2D eigenvalue weighted by Crippen LogP contribution is -2.52. The molecule has 30 heavy (non-hydrogen) atoms. The lowest BCUT2D eigenvalue weighted by Gasteiger charge is -2.46. The van der Waals surface area contributed by atoms with Gasteiger partial charge in [0, 0.05) is 5.41 Å². The van der Waals surface area contributed by atoms with Crippen LogP contribution in [0.15, 0.2) is 0 Å². The second kappa shape index (κ2) is 13.2. The van der Waals surface area contributed by atoms with Crippen LogP contribution in [0.25, 0.3) is 0 Å². The molecule has 8 heteroatoms. The number of carboxylic acid groups (broad SMARTS) is 4. The third kappa shape index (κ3) is 6.71. The molecule has 0 aromatic rings. The Labute approximate surface area is 178 Å². The summed E-state index contributed by atoms with van der Waals surface area (Å²) in [7, 11) is 0. The average Bonchev–Trinajstić information content (AvgIpc) is 2.64. The van der Waals surface area contributed by atoms with Gasteiger partial charge in [0.1, 0.15) is 0 Å². The van der Waals surface area contributed by atoms with Crippen LogP contribution in [0.2, 0.25) is 0 Å².